The number of carbonyl (C=O) groups excluding carboxylic acids is 1. The van der Waals surface area contributed by atoms with Crippen molar-refractivity contribution in [3.8, 4) is 0 Å². The second kappa shape index (κ2) is 9.36. The highest BCUT2D eigenvalue weighted by Gasteiger charge is 2.24. The molecule has 0 aliphatic heterocycles. The molecule has 190 valence electrons. The number of fused-ring (bicyclic) bond motifs is 3. The molecule has 2 aromatic carbocycles. The monoisotopic (exact) mass is 521 g/mol. The Labute approximate surface area is 214 Å². The molecule has 1 amide bonds. The van der Waals surface area contributed by atoms with Crippen molar-refractivity contribution in [3.63, 3.8) is 0 Å². The van der Waals surface area contributed by atoms with Crippen molar-refractivity contribution in [1.82, 2.24) is 28.3 Å². The number of hydrogen-bond donors (Lipinski definition) is 1. The highest BCUT2D eigenvalue weighted by molar-refractivity contribution is 7.99. The van der Waals surface area contributed by atoms with Gasteiger partial charge in [-0.15, -0.1) is 10.2 Å². The highest BCUT2D eigenvalue weighted by atomic mass is 32.2. The van der Waals surface area contributed by atoms with Gasteiger partial charge in [-0.1, -0.05) is 30.0 Å². The zero-order valence-electron chi connectivity index (χ0n) is 20.6. The molecule has 5 aromatic rings. The van der Waals surface area contributed by atoms with Crippen LogP contribution in [0.5, 0.6) is 0 Å². The number of rotatable bonds is 6. The van der Waals surface area contributed by atoms with Gasteiger partial charge >= 0.3 is 5.69 Å². The molecule has 0 radical (unpaired) electrons. The largest absolute Gasteiger partial charge is 0.332 e. The number of carbonyl (C=O) groups is 1. The third-order valence-corrected chi connectivity index (χ3v) is 7.26. The van der Waals surface area contributed by atoms with Crippen LogP contribution < -0.4 is 16.6 Å². The van der Waals surface area contributed by atoms with E-state index in [1.54, 1.807) is 28.1 Å². The number of benzene rings is 2. The van der Waals surface area contributed by atoms with Crippen molar-refractivity contribution in [2.45, 2.75) is 25.5 Å². The van der Waals surface area contributed by atoms with Crippen LogP contribution in [0.2, 0.25) is 0 Å². The molecule has 0 unspecified atom stereocenters. The van der Waals surface area contributed by atoms with E-state index in [0.717, 1.165) is 33.0 Å². The first-order valence-electron chi connectivity index (χ1n) is 11.4. The predicted molar refractivity (Wildman–Crippen MR) is 140 cm³/mol. The molecule has 0 aliphatic carbocycles. The maximum absolute atomic E-state index is 13.5. The van der Waals surface area contributed by atoms with E-state index < -0.39 is 11.2 Å². The second-order valence-corrected chi connectivity index (χ2v) is 9.79. The molecule has 37 heavy (non-hydrogen) atoms. The van der Waals surface area contributed by atoms with Crippen LogP contribution >= 0.6 is 11.8 Å². The van der Waals surface area contributed by atoms with Crippen LogP contribution in [-0.4, -0.2) is 40.0 Å². The number of amides is 1. The quantitative estimate of drug-likeness (QED) is 0.344. The summed E-state index contributed by atoms with van der Waals surface area (Å²) in [6.07, 6.45) is 0. The summed E-state index contributed by atoms with van der Waals surface area (Å²) >= 11 is 1.14. The molecule has 0 aliphatic rings. The van der Waals surface area contributed by atoms with E-state index in [0.29, 0.717) is 22.3 Å². The van der Waals surface area contributed by atoms with Crippen molar-refractivity contribution in [2.75, 3.05) is 11.1 Å². The lowest BCUT2D eigenvalue weighted by Gasteiger charge is -2.08. The molecule has 0 spiro atoms. The standard InChI is InChI=1S/C25H24FN7O3S/c1-14-5-10-18(11-15(14)2)27-19(34)13-37-24-29-28-23-32(12-16-6-8-17(26)9-7-16)20-21(33(23)24)30(3)25(36)31(4)22(20)35/h5-11H,12-13H2,1-4H3,(H,27,34). The Bertz CT molecular complexity index is 1800. The smallest absolute Gasteiger partial charge is 0.325 e. The van der Waals surface area contributed by atoms with Crippen molar-refractivity contribution < 1.29 is 9.18 Å². The minimum absolute atomic E-state index is 0.0388. The first-order valence-corrected chi connectivity index (χ1v) is 12.4. The number of anilines is 1. The normalized spacial score (nSPS) is 11.5. The zero-order chi connectivity index (χ0) is 26.4. The lowest BCUT2D eigenvalue weighted by molar-refractivity contribution is -0.113. The topological polar surface area (TPSA) is 108 Å². The number of aryl methyl sites for hydroxylation is 3. The first-order chi connectivity index (χ1) is 17.7. The Balaban J connectivity index is 1.55. The molecule has 3 aromatic heterocycles. The minimum Gasteiger partial charge on any atom is -0.325 e. The molecule has 10 nitrogen and oxygen atoms in total. The number of thioether (sulfide) groups is 1. The first kappa shape index (κ1) is 24.5. The number of nitrogens with one attached hydrogen (secondary N) is 1. The van der Waals surface area contributed by atoms with Crippen LogP contribution in [-0.2, 0) is 25.4 Å². The number of imidazole rings is 1. The molecule has 0 saturated heterocycles. The lowest BCUT2D eigenvalue weighted by atomic mass is 10.1. The Kier molecular flexibility index (Phi) is 6.20. The molecular weight excluding hydrogens is 497 g/mol. The molecular formula is C25H24FN7O3S. The summed E-state index contributed by atoms with van der Waals surface area (Å²) in [5.74, 6) is -0.235. The van der Waals surface area contributed by atoms with E-state index in [-0.39, 0.29) is 29.5 Å². The summed E-state index contributed by atoms with van der Waals surface area (Å²) in [6.45, 7) is 4.18. The van der Waals surface area contributed by atoms with Gasteiger partial charge in [0.1, 0.15) is 5.82 Å². The third kappa shape index (κ3) is 4.33. The molecule has 0 saturated carbocycles. The van der Waals surface area contributed by atoms with Gasteiger partial charge in [-0.05, 0) is 54.8 Å². The van der Waals surface area contributed by atoms with Crippen molar-refractivity contribution in [3.05, 3.63) is 85.8 Å². The summed E-state index contributed by atoms with van der Waals surface area (Å²) in [7, 11) is 2.97. The summed E-state index contributed by atoms with van der Waals surface area (Å²) < 4.78 is 19.1. The van der Waals surface area contributed by atoms with Crippen molar-refractivity contribution in [2.24, 2.45) is 14.1 Å². The molecule has 1 N–H and O–H groups in total. The van der Waals surface area contributed by atoms with E-state index >= 15 is 0 Å². The van der Waals surface area contributed by atoms with E-state index in [2.05, 4.69) is 15.5 Å². The fourth-order valence-electron chi connectivity index (χ4n) is 4.19. The number of nitrogens with zero attached hydrogens (tertiary/aromatic N) is 6. The molecule has 3 heterocycles. The average molecular weight is 522 g/mol. The van der Waals surface area contributed by atoms with E-state index in [9.17, 15) is 18.8 Å². The molecule has 5 rings (SSSR count). The van der Waals surface area contributed by atoms with Gasteiger partial charge in [0.05, 0.1) is 12.3 Å². The minimum atomic E-state index is -0.504. The fourth-order valence-corrected chi connectivity index (χ4v) is 4.92. The van der Waals surface area contributed by atoms with Gasteiger partial charge in [0.25, 0.3) is 5.56 Å². The van der Waals surface area contributed by atoms with Gasteiger partial charge < -0.3 is 5.32 Å². The number of aromatic nitrogens is 6. The third-order valence-electron chi connectivity index (χ3n) is 6.33. The number of halogens is 1. The van der Waals surface area contributed by atoms with Crippen LogP contribution in [0.3, 0.4) is 0 Å². The van der Waals surface area contributed by atoms with Crippen LogP contribution in [0.15, 0.2) is 57.2 Å². The maximum Gasteiger partial charge on any atom is 0.332 e. The lowest BCUT2D eigenvalue weighted by Crippen LogP contribution is -2.37. The second-order valence-electron chi connectivity index (χ2n) is 8.84. The van der Waals surface area contributed by atoms with Gasteiger partial charge in [0.2, 0.25) is 11.7 Å². The summed E-state index contributed by atoms with van der Waals surface area (Å²) in [5, 5.41) is 11.8. The van der Waals surface area contributed by atoms with Gasteiger partial charge in [0, 0.05) is 19.8 Å². The van der Waals surface area contributed by atoms with Crippen LogP contribution in [0.4, 0.5) is 10.1 Å². The van der Waals surface area contributed by atoms with Crippen LogP contribution in [0.25, 0.3) is 16.9 Å². The Morgan fingerprint density at radius 1 is 1.00 bits per heavy atom. The summed E-state index contributed by atoms with van der Waals surface area (Å²) in [5.41, 5.74) is 3.20. The summed E-state index contributed by atoms with van der Waals surface area (Å²) in [6, 6.07) is 11.6. The highest BCUT2D eigenvalue weighted by Crippen LogP contribution is 2.25. The van der Waals surface area contributed by atoms with Gasteiger partial charge in [0.15, 0.2) is 16.3 Å². The summed E-state index contributed by atoms with van der Waals surface area (Å²) in [4.78, 5) is 38.6. The van der Waals surface area contributed by atoms with E-state index in [4.69, 9.17) is 0 Å². The van der Waals surface area contributed by atoms with E-state index in [1.165, 1.54) is 23.7 Å². The number of hydrogen-bond acceptors (Lipinski definition) is 6. The average Bonchev–Trinajstić information content (AvgIpc) is 3.42. The molecule has 12 heteroatoms. The Hall–Kier alpha value is -4.19. The van der Waals surface area contributed by atoms with Crippen LogP contribution in [0, 0.1) is 19.7 Å². The van der Waals surface area contributed by atoms with E-state index in [1.807, 2.05) is 32.0 Å². The van der Waals surface area contributed by atoms with Crippen molar-refractivity contribution in [1.29, 1.82) is 0 Å². The predicted octanol–water partition coefficient (Wildman–Crippen LogP) is 2.62. The van der Waals surface area contributed by atoms with Crippen molar-refractivity contribution >= 4 is 40.3 Å². The maximum atomic E-state index is 13.5. The molecule has 0 bridgehead atoms. The van der Waals surface area contributed by atoms with Gasteiger partial charge in [-0.25, -0.2) is 13.6 Å². The van der Waals surface area contributed by atoms with Gasteiger partial charge in [-0.3, -0.25) is 23.3 Å². The SMILES string of the molecule is Cc1ccc(NC(=O)CSc2nnc3n(Cc4ccc(F)cc4)c4c(=O)n(C)c(=O)n(C)c4n23)cc1C. The Morgan fingerprint density at radius 2 is 1.73 bits per heavy atom. The van der Waals surface area contributed by atoms with Crippen LogP contribution in [0.1, 0.15) is 16.7 Å². The Morgan fingerprint density at radius 3 is 2.43 bits per heavy atom. The molecule has 0 fully saturated rings. The van der Waals surface area contributed by atoms with Gasteiger partial charge in [-0.2, -0.15) is 0 Å². The molecule has 0 atom stereocenters. The fraction of sp³-hybridized carbons (Fsp3) is 0.240. The zero-order valence-corrected chi connectivity index (χ0v) is 21.5.